The number of phenols is 1. The second-order valence-electron chi connectivity index (χ2n) is 12.3. The van der Waals surface area contributed by atoms with Gasteiger partial charge in [-0.1, -0.05) is 43.7 Å². The van der Waals surface area contributed by atoms with E-state index >= 15 is 0 Å². The maximum atomic E-state index is 14.1. The van der Waals surface area contributed by atoms with Crippen LogP contribution >= 0.6 is 0 Å². The number of ketones is 1. The fourth-order valence-corrected chi connectivity index (χ4v) is 7.19. The smallest absolute Gasteiger partial charge is 0.315 e. The second kappa shape index (κ2) is 11.1. The van der Waals surface area contributed by atoms with E-state index < -0.39 is 11.8 Å². The normalized spacial score (nSPS) is 23.7. The molecule has 2 aromatic carbocycles. The Morgan fingerprint density at radius 3 is 2.38 bits per heavy atom. The first-order chi connectivity index (χ1) is 18.6. The number of aliphatic imine (C=N–C) groups is 1. The molecule has 39 heavy (non-hydrogen) atoms. The van der Waals surface area contributed by atoms with E-state index in [1.54, 1.807) is 18.2 Å². The zero-order valence-electron chi connectivity index (χ0n) is 23.9. The summed E-state index contributed by atoms with van der Waals surface area (Å²) < 4.78 is 6.08. The van der Waals surface area contributed by atoms with Gasteiger partial charge in [-0.15, -0.1) is 0 Å². The van der Waals surface area contributed by atoms with E-state index in [1.165, 1.54) is 22.3 Å². The number of hydrogen-bond donors (Lipinski definition) is 1. The van der Waals surface area contributed by atoms with Crippen LogP contribution in [0.3, 0.4) is 0 Å². The Hall–Kier alpha value is -3.21. The monoisotopic (exact) mass is 527 g/mol. The molecule has 0 amide bonds. The minimum absolute atomic E-state index is 0.0416. The Labute approximate surface area is 232 Å². The summed E-state index contributed by atoms with van der Waals surface area (Å²) in [5.74, 6) is -0.974. The number of carbonyl (C=O) groups is 2. The largest absolute Gasteiger partial charge is 0.508 e. The number of nitrogens with zero attached hydrogens (tertiary/aromatic N) is 1. The van der Waals surface area contributed by atoms with Crippen LogP contribution in [0.25, 0.3) is 0 Å². The van der Waals surface area contributed by atoms with Gasteiger partial charge in [-0.3, -0.25) is 14.6 Å². The maximum Gasteiger partial charge on any atom is 0.315 e. The molecule has 0 radical (unpaired) electrons. The molecule has 5 rings (SSSR count). The SMILES string of the molecule is Cc1cc(C)c(C2CC(=O)C3=C(C2)N=C(CC(C)C)C(C(=O)OC2CCCC2)C3c2cccc(O)c2)c(C)c1. The lowest BCUT2D eigenvalue weighted by atomic mass is 9.67. The molecule has 3 atom stereocenters. The molecule has 3 unspecified atom stereocenters. The Bertz CT molecular complexity index is 1320. The van der Waals surface area contributed by atoms with E-state index in [0.29, 0.717) is 24.8 Å². The average molecular weight is 528 g/mol. The predicted octanol–water partition coefficient (Wildman–Crippen LogP) is 7.40. The highest BCUT2D eigenvalue weighted by Gasteiger charge is 2.46. The van der Waals surface area contributed by atoms with Crippen LogP contribution in [-0.4, -0.2) is 28.7 Å². The lowest BCUT2D eigenvalue weighted by Gasteiger charge is -2.38. The molecule has 1 aliphatic heterocycles. The van der Waals surface area contributed by atoms with Gasteiger partial charge in [0.15, 0.2) is 5.78 Å². The summed E-state index contributed by atoms with van der Waals surface area (Å²) in [5, 5.41) is 10.4. The highest BCUT2D eigenvalue weighted by molar-refractivity contribution is 6.10. The predicted molar refractivity (Wildman–Crippen MR) is 154 cm³/mol. The average Bonchev–Trinajstić information content (AvgIpc) is 3.35. The van der Waals surface area contributed by atoms with Gasteiger partial charge in [-0.2, -0.15) is 0 Å². The minimum atomic E-state index is -0.670. The molecule has 1 saturated carbocycles. The van der Waals surface area contributed by atoms with Crippen LogP contribution in [0.2, 0.25) is 0 Å². The van der Waals surface area contributed by atoms with Crippen molar-refractivity contribution in [2.75, 3.05) is 0 Å². The maximum absolute atomic E-state index is 14.1. The number of rotatable bonds is 6. The van der Waals surface area contributed by atoms with E-state index in [4.69, 9.17) is 9.73 Å². The number of Topliss-reactive ketones (excluding diaryl/α,β-unsaturated/α-hetero) is 1. The van der Waals surface area contributed by atoms with Crippen molar-refractivity contribution in [1.82, 2.24) is 0 Å². The Morgan fingerprint density at radius 1 is 1.05 bits per heavy atom. The molecule has 1 fully saturated rings. The summed E-state index contributed by atoms with van der Waals surface area (Å²) in [6, 6.07) is 11.4. The lowest BCUT2D eigenvalue weighted by molar-refractivity contribution is -0.151. The van der Waals surface area contributed by atoms with Crippen LogP contribution in [0.1, 0.15) is 98.4 Å². The number of aryl methyl sites for hydroxylation is 3. The van der Waals surface area contributed by atoms with Crippen molar-refractivity contribution in [3.05, 3.63) is 75.5 Å². The summed E-state index contributed by atoms with van der Waals surface area (Å²) in [6.45, 7) is 10.6. The number of phenolic OH excluding ortho intramolecular Hbond substituents is 1. The lowest BCUT2D eigenvalue weighted by Crippen LogP contribution is -2.40. The summed E-state index contributed by atoms with van der Waals surface area (Å²) in [6.07, 6.45) is 5.53. The zero-order chi connectivity index (χ0) is 27.8. The van der Waals surface area contributed by atoms with Crippen molar-refractivity contribution in [1.29, 1.82) is 0 Å². The molecule has 0 bridgehead atoms. The van der Waals surface area contributed by atoms with E-state index in [9.17, 15) is 14.7 Å². The number of esters is 1. The number of allylic oxidation sites excluding steroid dienone is 2. The van der Waals surface area contributed by atoms with Crippen LogP contribution in [0.4, 0.5) is 0 Å². The number of ether oxygens (including phenoxy) is 1. The van der Waals surface area contributed by atoms with Gasteiger partial charge >= 0.3 is 5.97 Å². The molecular weight excluding hydrogens is 486 g/mol. The van der Waals surface area contributed by atoms with Gasteiger partial charge < -0.3 is 9.84 Å². The molecule has 0 saturated heterocycles. The van der Waals surface area contributed by atoms with Crippen LogP contribution in [0.5, 0.6) is 5.75 Å². The van der Waals surface area contributed by atoms with Gasteiger partial charge in [-0.25, -0.2) is 0 Å². The number of aromatic hydroxyl groups is 1. The Morgan fingerprint density at radius 2 is 1.74 bits per heavy atom. The van der Waals surface area contributed by atoms with E-state index in [1.807, 2.05) is 6.07 Å². The molecule has 2 aromatic rings. The standard InChI is InChI=1S/C34H41NO4/c1-19(2)13-27-33(34(38)39-26-11-6-7-12-26)31(23-9-8-10-25(36)16-23)32-28(35-27)17-24(18-29(32)37)30-21(4)14-20(3)15-22(30)5/h8-10,14-16,19,24,26,31,33,36H,6-7,11-13,17-18H2,1-5H3. The molecule has 5 nitrogen and oxygen atoms in total. The van der Waals surface area contributed by atoms with Crippen molar-refractivity contribution in [3.63, 3.8) is 0 Å². The van der Waals surface area contributed by atoms with Crippen LogP contribution in [-0.2, 0) is 14.3 Å². The molecule has 0 spiro atoms. The van der Waals surface area contributed by atoms with Gasteiger partial charge in [0.05, 0.1) is 0 Å². The number of benzene rings is 2. The number of hydrogen-bond acceptors (Lipinski definition) is 5. The molecular formula is C34H41NO4. The summed E-state index contributed by atoms with van der Waals surface area (Å²) in [4.78, 5) is 33.1. The van der Waals surface area contributed by atoms with Crippen molar-refractivity contribution in [2.45, 2.75) is 97.5 Å². The van der Waals surface area contributed by atoms with Gasteiger partial charge in [0.2, 0.25) is 0 Å². The van der Waals surface area contributed by atoms with Gasteiger partial charge in [0.25, 0.3) is 0 Å². The molecule has 3 aliphatic rings. The topological polar surface area (TPSA) is 76.0 Å². The zero-order valence-corrected chi connectivity index (χ0v) is 23.9. The van der Waals surface area contributed by atoms with Crippen LogP contribution in [0.15, 0.2) is 52.7 Å². The minimum Gasteiger partial charge on any atom is -0.508 e. The quantitative estimate of drug-likeness (QED) is 0.397. The third kappa shape index (κ3) is 5.59. The van der Waals surface area contributed by atoms with Gasteiger partial charge in [0, 0.05) is 29.3 Å². The van der Waals surface area contributed by atoms with Crippen molar-refractivity contribution >= 4 is 17.5 Å². The van der Waals surface area contributed by atoms with Gasteiger partial charge in [-0.05, 0) is 106 Å². The Balaban J connectivity index is 1.62. The van der Waals surface area contributed by atoms with E-state index in [2.05, 4.69) is 46.8 Å². The number of carbonyl (C=O) groups excluding carboxylic acids is 2. The van der Waals surface area contributed by atoms with Crippen LogP contribution < -0.4 is 0 Å². The van der Waals surface area contributed by atoms with E-state index in [-0.39, 0.29) is 35.4 Å². The summed E-state index contributed by atoms with van der Waals surface area (Å²) >= 11 is 0. The highest BCUT2D eigenvalue weighted by atomic mass is 16.5. The molecule has 5 heteroatoms. The fourth-order valence-electron chi connectivity index (χ4n) is 7.19. The molecule has 2 aliphatic carbocycles. The second-order valence-corrected chi connectivity index (χ2v) is 12.3. The molecule has 206 valence electrons. The first kappa shape index (κ1) is 27.4. The first-order valence-corrected chi connectivity index (χ1v) is 14.5. The first-order valence-electron chi connectivity index (χ1n) is 14.5. The van der Waals surface area contributed by atoms with Crippen molar-refractivity contribution in [2.24, 2.45) is 16.8 Å². The summed E-state index contributed by atoms with van der Waals surface area (Å²) in [7, 11) is 0. The third-order valence-electron chi connectivity index (χ3n) is 8.60. The van der Waals surface area contributed by atoms with Crippen molar-refractivity contribution < 1.29 is 19.4 Å². The molecule has 0 aromatic heterocycles. The van der Waals surface area contributed by atoms with E-state index in [0.717, 1.165) is 42.7 Å². The summed E-state index contributed by atoms with van der Waals surface area (Å²) in [5.41, 5.74) is 7.85. The van der Waals surface area contributed by atoms with Crippen LogP contribution in [0, 0.1) is 32.6 Å². The fraction of sp³-hybridized carbons (Fsp3) is 0.500. The highest BCUT2D eigenvalue weighted by Crippen LogP contribution is 2.49. The molecule has 1 heterocycles. The Kier molecular flexibility index (Phi) is 7.80. The third-order valence-corrected chi connectivity index (χ3v) is 8.60. The molecule has 1 N–H and O–H groups in total. The van der Waals surface area contributed by atoms with Gasteiger partial charge in [0.1, 0.15) is 17.8 Å². The van der Waals surface area contributed by atoms with Crippen molar-refractivity contribution in [3.8, 4) is 5.75 Å².